The number of anilines is 1. The lowest BCUT2D eigenvalue weighted by molar-refractivity contribution is 0.264. The Hall–Kier alpha value is -1.75. The van der Waals surface area contributed by atoms with E-state index in [-0.39, 0.29) is 5.24 Å². The van der Waals surface area contributed by atoms with Crippen molar-refractivity contribution >= 4 is 40.1 Å². The second kappa shape index (κ2) is 3.68. The summed E-state index contributed by atoms with van der Waals surface area (Å²) >= 11 is 1.21. The first kappa shape index (κ1) is 9.47. The Morgan fingerprint density at radius 3 is 3.06 bits per heavy atom. The Bertz CT molecular complexity index is 543. The second-order valence-corrected chi connectivity index (χ2v) is 4.28. The van der Waals surface area contributed by atoms with E-state index in [1.807, 2.05) is 30.3 Å². The number of carbonyl (C=O) groups excluding carboxylic acids is 1. The summed E-state index contributed by atoms with van der Waals surface area (Å²) in [7, 11) is 0. The lowest BCUT2D eigenvalue weighted by Crippen LogP contribution is -2.24. The molecule has 3 rings (SSSR count). The molecule has 80 valence electrons. The lowest BCUT2D eigenvalue weighted by Gasteiger charge is -2.15. The average molecular weight is 232 g/mol. The number of thioether (sulfide) groups is 1. The maximum absolute atomic E-state index is 11.6. The van der Waals surface area contributed by atoms with E-state index in [2.05, 4.69) is 5.10 Å². The molecule has 1 aromatic heterocycles. The first-order valence-electron chi connectivity index (χ1n) is 4.82. The Morgan fingerprint density at radius 2 is 2.25 bits per heavy atom. The zero-order valence-electron chi connectivity index (χ0n) is 8.29. The van der Waals surface area contributed by atoms with Gasteiger partial charge in [0.2, 0.25) is 5.88 Å². The highest BCUT2D eigenvalue weighted by Crippen LogP contribution is 2.29. The van der Waals surface area contributed by atoms with Crippen LogP contribution in [0.1, 0.15) is 0 Å². The number of amides is 1. The third kappa shape index (κ3) is 1.49. The fourth-order valence-electron chi connectivity index (χ4n) is 1.55. The van der Waals surface area contributed by atoms with Crippen molar-refractivity contribution in [1.82, 2.24) is 0 Å². The van der Waals surface area contributed by atoms with Crippen LogP contribution in [-0.4, -0.2) is 17.2 Å². The summed E-state index contributed by atoms with van der Waals surface area (Å²) in [5.41, 5.74) is 0.760. The van der Waals surface area contributed by atoms with E-state index in [9.17, 15) is 4.79 Å². The van der Waals surface area contributed by atoms with Crippen LogP contribution in [0.3, 0.4) is 0 Å². The number of hydrogen-bond acceptors (Lipinski definition) is 4. The topological polar surface area (TPSA) is 45.8 Å². The van der Waals surface area contributed by atoms with Crippen LogP contribution in [-0.2, 0) is 0 Å². The number of furan rings is 1. The molecule has 1 aromatic carbocycles. The minimum absolute atomic E-state index is 0.110. The predicted molar refractivity (Wildman–Crippen MR) is 65.0 cm³/mol. The van der Waals surface area contributed by atoms with Gasteiger partial charge in [-0.1, -0.05) is 30.0 Å². The van der Waals surface area contributed by atoms with Crippen LogP contribution in [0.25, 0.3) is 11.0 Å². The quantitative estimate of drug-likeness (QED) is 0.759. The van der Waals surface area contributed by atoms with Gasteiger partial charge in [-0.2, -0.15) is 10.1 Å². The molecule has 0 saturated carbocycles. The van der Waals surface area contributed by atoms with Crippen LogP contribution in [0.2, 0.25) is 0 Å². The maximum Gasteiger partial charge on any atom is 0.309 e. The SMILES string of the molecule is O=C1SCC=NN1c1cc2ccccc2o1. The van der Waals surface area contributed by atoms with Gasteiger partial charge in [0.25, 0.3) is 0 Å². The van der Waals surface area contributed by atoms with Crippen LogP contribution >= 0.6 is 11.8 Å². The van der Waals surface area contributed by atoms with E-state index in [4.69, 9.17) is 4.42 Å². The molecule has 16 heavy (non-hydrogen) atoms. The fraction of sp³-hybridized carbons (Fsp3) is 0.0909. The van der Waals surface area contributed by atoms with Crippen LogP contribution in [0.15, 0.2) is 39.9 Å². The van der Waals surface area contributed by atoms with Gasteiger partial charge in [-0.3, -0.25) is 4.79 Å². The van der Waals surface area contributed by atoms with Crippen molar-refractivity contribution in [3.63, 3.8) is 0 Å². The smallest absolute Gasteiger partial charge is 0.309 e. The number of carbonyl (C=O) groups is 1. The number of hydrogen-bond donors (Lipinski definition) is 0. The number of nitrogens with zero attached hydrogens (tertiary/aromatic N) is 2. The van der Waals surface area contributed by atoms with Gasteiger partial charge >= 0.3 is 5.24 Å². The molecule has 0 saturated heterocycles. The largest absolute Gasteiger partial charge is 0.438 e. The first-order chi connectivity index (χ1) is 7.84. The van der Waals surface area contributed by atoms with E-state index >= 15 is 0 Å². The molecule has 1 aliphatic rings. The van der Waals surface area contributed by atoms with Gasteiger partial charge in [0.15, 0.2) is 0 Å². The van der Waals surface area contributed by atoms with Gasteiger partial charge < -0.3 is 4.42 Å². The zero-order chi connectivity index (χ0) is 11.0. The Balaban J connectivity index is 2.08. The van der Waals surface area contributed by atoms with Gasteiger partial charge in [-0.15, -0.1) is 0 Å². The van der Waals surface area contributed by atoms with Crippen LogP contribution in [0, 0.1) is 0 Å². The number of fused-ring (bicyclic) bond motifs is 1. The van der Waals surface area contributed by atoms with Crippen molar-refractivity contribution < 1.29 is 9.21 Å². The second-order valence-electron chi connectivity index (χ2n) is 3.31. The Morgan fingerprint density at radius 1 is 1.38 bits per heavy atom. The van der Waals surface area contributed by atoms with Crippen LogP contribution in [0.5, 0.6) is 0 Å². The summed E-state index contributed by atoms with van der Waals surface area (Å²) in [6.07, 6.45) is 1.69. The molecule has 0 atom stereocenters. The minimum atomic E-state index is -0.110. The van der Waals surface area contributed by atoms with E-state index < -0.39 is 0 Å². The van der Waals surface area contributed by atoms with E-state index in [0.717, 1.165) is 11.0 Å². The molecule has 0 N–H and O–H groups in total. The summed E-state index contributed by atoms with van der Waals surface area (Å²) in [4.78, 5) is 11.6. The molecule has 0 spiro atoms. The van der Waals surface area contributed by atoms with Gasteiger partial charge in [0.05, 0.1) is 0 Å². The van der Waals surface area contributed by atoms with E-state index in [1.165, 1.54) is 16.8 Å². The number of para-hydroxylation sites is 1. The first-order valence-corrected chi connectivity index (χ1v) is 5.81. The predicted octanol–water partition coefficient (Wildman–Crippen LogP) is 3.09. The summed E-state index contributed by atoms with van der Waals surface area (Å²) in [6, 6.07) is 9.44. The molecule has 2 aromatic rings. The minimum Gasteiger partial charge on any atom is -0.438 e. The average Bonchev–Trinajstić information content (AvgIpc) is 2.73. The third-order valence-corrected chi connectivity index (χ3v) is 3.01. The van der Waals surface area contributed by atoms with Gasteiger partial charge in [-0.25, -0.2) is 0 Å². The standard InChI is InChI=1S/C11H8N2O2S/c14-11-13(12-5-6-16-11)10-7-8-3-1-2-4-9(8)15-10/h1-5,7H,6H2. The highest BCUT2D eigenvalue weighted by atomic mass is 32.2. The lowest BCUT2D eigenvalue weighted by atomic mass is 10.3. The third-order valence-electron chi connectivity index (χ3n) is 2.27. The molecular weight excluding hydrogens is 224 g/mol. The Kier molecular flexibility index (Phi) is 2.18. The number of benzene rings is 1. The molecule has 4 nitrogen and oxygen atoms in total. The van der Waals surface area contributed by atoms with Gasteiger partial charge in [-0.05, 0) is 6.07 Å². The molecule has 1 aliphatic heterocycles. The van der Waals surface area contributed by atoms with Gasteiger partial charge in [0, 0.05) is 23.4 Å². The van der Waals surface area contributed by atoms with Crippen molar-refractivity contribution in [2.24, 2.45) is 5.10 Å². The van der Waals surface area contributed by atoms with Crippen LogP contribution < -0.4 is 5.01 Å². The van der Waals surface area contributed by atoms with Crippen molar-refractivity contribution in [1.29, 1.82) is 0 Å². The summed E-state index contributed by atoms with van der Waals surface area (Å²) in [6.45, 7) is 0. The number of rotatable bonds is 1. The van der Waals surface area contributed by atoms with Crippen molar-refractivity contribution in [3.8, 4) is 0 Å². The summed E-state index contributed by atoms with van der Waals surface area (Å²) in [5.74, 6) is 1.09. The number of hydrazone groups is 1. The highest BCUT2D eigenvalue weighted by molar-refractivity contribution is 8.14. The van der Waals surface area contributed by atoms with E-state index in [1.54, 1.807) is 6.21 Å². The molecule has 5 heteroatoms. The summed E-state index contributed by atoms with van der Waals surface area (Å²) in [5, 5.41) is 6.16. The molecular formula is C11H8N2O2S. The highest BCUT2D eigenvalue weighted by Gasteiger charge is 2.21. The molecule has 0 radical (unpaired) electrons. The normalized spacial score (nSPS) is 16.0. The van der Waals surface area contributed by atoms with Crippen molar-refractivity contribution in [3.05, 3.63) is 30.3 Å². The van der Waals surface area contributed by atoms with Gasteiger partial charge in [0.1, 0.15) is 5.58 Å². The van der Waals surface area contributed by atoms with Crippen molar-refractivity contribution in [2.45, 2.75) is 0 Å². The molecule has 0 fully saturated rings. The fourth-order valence-corrected chi connectivity index (χ4v) is 2.09. The van der Waals surface area contributed by atoms with E-state index in [0.29, 0.717) is 11.6 Å². The molecule has 0 bridgehead atoms. The maximum atomic E-state index is 11.6. The molecule has 0 unspecified atom stereocenters. The Labute approximate surface area is 95.9 Å². The molecule has 1 amide bonds. The summed E-state index contributed by atoms with van der Waals surface area (Å²) < 4.78 is 5.56. The van der Waals surface area contributed by atoms with Crippen LogP contribution in [0.4, 0.5) is 10.7 Å². The molecule has 2 heterocycles. The van der Waals surface area contributed by atoms with Crippen molar-refractivity contribution in [2.75, 3.05) is 10.8 Å². The molecule has 0 aliphatic carbocycles. The zero-order valence-corrected chi connectivity index (χ0v) is 9.11. The monoisotopic (exact) mass is 232 g/mol.